The molecule has 7 heteroatoms. The van der Waals surface area contributed by atoms with Crippen LogP contribution in [0.2, 0.25) is 0 Å². The Bertz CT molecular complexity index is 855. The number of halogens is 1. The van der Waals surface area contributed by atoms with E-state index in [1.165, 1.54) is 18.3 Å². The number of amides is 2. The Kier molecular flexibility index (Phi) is 2.86. The Morgan fingerprint density at radius 2 is 1.68 bits per heavy atom. The molecule has 0 aromatic heterocycles. The fourth-order valence-corrected chi connectivity index (χ4v) is 5.33. The number of rotatable bonds is 2. The summed E-state index contributed by atoms with van der Waals surface area (Å²) in [5.74, 6) is -1.02. The Hall–Kier alpha value is -2.15. The van der Waals surface area contributed by atoms with Crippen LogP contribution in [-0.4, -0.2) is 33.3 Å². The monoisotopic (exact) mass is 402 g/mol. The number of phenolic OH excluding ortho intramolecular Hbond substituents is 2. The molecule has 1 saturated heterocycles. The number of allylic oxidation sites excluding steroid dienone is 2. The summed E-state index contributed by atoms with van der Waals surface area (Å²) in [6, 6.07) is 2.65. The molecular weight excluding hydrogens is 388 g/mol. The highest BCUT2D eigenvalue weighted by atomic mass is 79.9. The van der Waals surface area contributed by atoms with Crippen molar-refractivity contribution in [1.29, 1.82) is 0 Å². The maximum atomic E-state index is 12.8. The molecule has 2 saturated carbocycles. The van der Waals surface area contributed by atoms with E-state index in [4.69, 9.17) is 0 Å². The highest BCUT2D eigenvalue weighted by Crippen LogP contribution is 2.73. The Labute approximate surface area is 152 Å². The third-order valence-corrected chi connectivity index (χ3v) is 6.87. The summed E-state index contributed by atoms with van der Waals surface area (Å²) in [4.78, 5) is 25.6. The van der Waals surface area contributed by atoms with Crippen molar-refractivity contribution < 1.29 is 19.8 Å². The van der Waals surface area contributed by atoms with Crippen molar-refractivity contribution in [2.45, 2.75) is 12.8 Å². The molecular formula is C18H15BrN2O4. The molecule has 2 bridgehead atoms. The molecule has 0 radical (unpaired) electrons. The van der Waals surface area contributed by atoms with Crippen molar-refractivity contribution in [3.8, 4) is 11.5 Å². The summed E-state index contributed by atoms with van der Waals surface area (Å²) in [5.41, 5.74) is 0.471. The van der Waals surface area contributed by atoms with Gasteiger partial charge in [0.05, 0.1) is 22.5 Å². The van der Waals surface area contributed by atoms with Gasteiger partial charge in [0, 0.05) is 11.6 Å². The molecule has 2 N–H and O–H groups in total. The number of hydrazone groups is 1. The fraction of sp³-hybridized carbons (Fsp3) is 0.389. The quantitative estimate of drug-likeness (QED) is 0.451. The molecule has 4 aliphatic rings. The van der Waals surface area contributed by atoms with E-state index in [1.807, 2.05) is 0 Å². The molecule has 6 nitrogen and oxygen atoms in total. The van der Waals surface area contributed by atoms with Gasteiger partial charge in [0.2, 0.25) is 0 Å². The van der Waals surface area contributed by atoms with Gasteiger partial charge in [-0.3, -0.25) is 9.59 Å². The highest BCUT2D eigenvalue weighted by Gasteiger charge is 2.73. The molecule has 1 aliphatic heterocycles. The number of hydrogen-bond donors (Lipinski definition) is 2. The number of carbonyl (C=O) groups excluding carboxylic acids is 2. The summed E-state index contributed by atoms with van der Waals surface area (Å²) < 4.78 is 0.389. The maximum Gasteiger partial charge on any atom is 0.254 e. The summed E-state index contributed by atoms with van der Waals surface area (Å²) in [7, 11) is 0. The van der Waals surface area contributed by atoms with Crippen LogP contribution < -0.4 is 0 Å². The van der Waals surface area contributed by atoms with Crippen LogP contribution in [0.25, 0.3) is 0 Å². The van der Waals surface area contributed by atoms with Crippen LogP contribution in [0.1, 0.15) is 18.4 Å². The van der Waals surface area contributed by atoms with E-state index in [0.29, 0.717) is 10.0 Å². The summed E-state index contributed by atoms with van der Waals surface area (Å²) >= 11 is 3.16. The minimum atomic E-state index is -0.290. The number of nitrogens with zero attached hydrogens (tertiary/aromatic N) is 2. The summed E-state index contributed by atoms with van der Waals surface area (Å²) in [5, 5.41) is 24.4. The number of phenols is 2. The van der Waals surface area contributed by atoms with E-state index in [1.54, 1.807) is 0 Å². The van der Waals surface area contributed by atoms with Crippen LogP contribution in [-0.2, 0) is 9.59 Å². The number of hydrogen-bond acceptors (Lipinski definition) is 5. The van der Waals surface area contributed by atoms with Crippen LogP contribution in [0.5, 0.6) is 11.5 Å². The number of fused-ring (bicyclic) bond motifs is 3. The number of aromatic hydroxyl groups is 2. The smallest absolute Gasteiger partial charge is 0.254 e. The molecule has 128 valence electrons. The van der Waals surface area contributed by atoms with Crippen molar-refractivity contribution in [2.24, 2.45) is 34.2 Å². The Morgan fingerprint density at radius 1 is 1.08 bits per heavy atom. The highest BCUT2D eigenvalue weighted by molar-refractivity contribution is 9.10. The first kappa shape index (κ1) is 15.1. The second-order valence-corrected chi connectivity index (χ2v) is 8.17. The lowest BCUT2D eigenvalue weighted by molar-refractivity contribution is -0.141. The second-order valence-electron chi connectivity index (χ2n) is 7.32. The predicted molar refractivity (Wildman–Crippen MR) is 91.7 cm³/mol. The average Bonchev–Trinajstić information content (AvgIpc) is 3.17. The number of benzene rings is 1. The van der Waals surface area contributed by atoms with E-state index < -0.39 is 0 Å². The molecule has 5 rings (SSSR count). The predicted octanol–water partition coefficient (Wildman–Crippen LogP) is 2.39. The molecule has 1 heterocycles. The molecule has 0 unspecified atom stereocenters. The van der Waals surface area contributed by atoms with Gasteiger partial charge in [-0.1, -0.05) is 12.2 Å². The van der Waals surface area contributed by atoms with E-state index in [0.717, 1.165) is 17.9 Å². The van der Waals surface area contributed by atoms with Gasteiger partial charge in [0.1, 0.15) is 11.5 Å². The third kappa shape index (κ3) is 1.82. The van der Waals surface area contributed by atoms with Gasteiger partial charge in [0.25, 0.3) is 11.8 Å². The van der Waals surface area contributed by atoms with Gasteiger partial charge in [-0.2, -0.15) is 10.1 Å². The lowest BCUT2D eigenvalue weighted by Crippen LogP contribution is -2.30. The fourth-order valence-electron chi connectivity index (χ4n) is 4.97. The molecule has 25 heavy (non-hydrogen) atoms. The first-order chi connectivity index (χ1) is 11.9. The van der Waals surface area contributed by atoms with Gasteiger partial charge in [-0.25, -0.2) is 0 Å². The molecule has 1 aromatic rings. The molecule has 3 fully saturated rings. The van der Waals surface area contributed by atoms with Gasteiger partial charge < -0.3 is 10.2 Å². The Balaban J connectivity index is 1.45. The molecule has 4 atom stereocenters. The lowest BCUT2D eigenvalue weighted by atomic mass is 9.85. The van der Waals surface area contributed by atoms with Gasteiger partial charge in [-0.05, 0) is 52.1 Å². The van der Waals surface area contributed by atoms with Crippen LogP contribution in [0.4, 0.5) is 0 Å². The number of imide groups is 1. The van der Waals surface area contributed by atoms with E-state index in [-0.39, 0.29) is 52.4 Å². The van der Waals surface area contributed by atoms with E-state index in [9.17, 15) is 19.8 Å². The number of carbonyl (C=O) groups is 2. The van der Waals surface area contributed by atoms with Crippen molar-refractivity contribution in [3.05, 3.63) is 34.3 Å². The van der Waals surface area contributed by atoms with Crippen LogP contribution in [0, 0.1) is 29.1 Å². The van der Waals surface area contributed by atoms with E-state index in [2.05, 4.69) is 33.2 Å². The van der Waals surface area contributed by atoms with Gasteiger partial charge in [-0.15, -0.1) is 0 Å². The van der Waals surface area contributed by atoms with Crippen LogP contribution in [0.3, 0.4) is 0 Å². The average molecular weight is 403 g/mol. The largest absolute Gasteiger partial charge is 0.507 e. The molecule has 1 aromatic carbocycles. The zero-order chi connectivity index (χ0) is 17.5. The first-order valence-corrected chi connectivity index (χ1v) is 9.05. The second kappa shape index (κ2) is 4.72. The summed E-state index contributed by atoms with van der Waals surface area (Å²) in [6.45, 7) is 0. The third-order valence-electron chi connectivity index (χ3n) is 6.24. The van der Waals surface area contributed by atoms with Crippen molar-refractivity contribution >= 4 is 34.0 Å². The van der Waals surface area contributed by atoms with E-state index >= 15 is 0 Å². The zero-order valence-electron chi connectivity index (χ0n) is 13.1. The van der Waals surface area contributed by atoms with Crippen LogP contribution in [0.15, 0.2) is 33.9 Å². The lowest BCUT2D eigenvalue weighted by Gasteiger charge is -2.18. The van der Waals surface area contributed by atoms with Crippen molar-refractivity contribution in [1.82, 2.24) is 5.01 Å². The molecule has 1 spiro atoms. The van der Waals surface area contributed by atoms with Gasteiger partial charge in [0.15, 0.2) is 0 Å². The first-order valence-electron chi connectivity index (χ1n) is 8.26. The SMILES string of the molecule is O=C1[C@@H]2[C@H](C(=O)N1/N=C/c1cc(Br)c(O)cc1O)[C@@H]1C=C[C@H]2C12CC2. The zero-order valence-corrected chi connectivity index (χ0v) is 14.7. The minimum Gasteiger partial charge on any atom is -0.507 e. The minimum absolute atomic E-state index is 0.102. The van der Waals surface area contributed by atoms with Gasteiger partial charge >= 0.3 is 0 Å². The topological polar surface area (TPSA) is 90.2 Å². The molecule has 2 amide bonds. The summed E-state index contributed by atoms with van der Waals surface area (Å²) in [6.07, 6.45) is 7.70. The van der Waals surface area contributed by atoms with Crippen LogP contribution >= 0.6 is 15.9 Å². The standard InChI is InChI=1S/C18H15BrN2O4/c19-11-5-8(12(22)6-13(11)23)7-20-21-16(24)14-9-1-2-10(15(14)17(21)25)18(9)3-4-18/h1-2,5-7,9-10,14-15,22-23H,3-4H2/b20-7+/t9-,10+,14+,15-. The molecule has 3 aliphatic carbocycles. The maximum absolute atomic E-state index is 12.8. The Morgan fingerprint density at radius 3 is 2.24 bits per heavy atom. The van der Waals surface area contributed by atoms with Crippen molar-refractivity contribution in [2.75, 3.05) is 0 Å². The van der Waals surface area contributed by atoms with Crippen molar-refractivity contribution in [3.63, 3.8) is 0 Å². The normalized spacial score (nSPS) is 33.9.